The zero-order valence-corrected chi connectivity index (χ0v) is 39.2. The third kappa shape index (κ3) is 19.7. The molecule has 0 saturated carbocycles. The average molecular weight is 947 g/mol. The molecule has 0 fully saturated rings. The zero-order valence-electron chi connectivity index (χ0n) is 39.2. The monoisotopic (exact) mass is 946 g/mol. The Balaban J connectivity index is 0.000000267. The van der Waals surface area contributed by atoms with E-state index in [2.05, 4.69) is 73.7 Å². The van der Waals surface area contributed by atoms with Crippen molar-refractivity contribution in [2.75, 3.05) is 39.5 Å². The molecule has 2 aliphatic carbocycles. The first-order valence-electron chi connectivity index (χ1n) is 22.7. The van der Waals surface area contributed by atoms with Crippen LogP contribution in [0, 0.1) is 20.2 Å². The number of hydrogen-bond acceptors (Lipinski definition) is 15. The van der Waals surface area contributed by atoms with Crippen LogP contribution >= 0.6 is 0 Å². The number of ketones is 1. The molecule has 0 heterocycles. The Morgan fingerprint density at radius 1 is 0.632 bits per heavy atom. The Morgan fingerprint density at radius 2 is 0.985 bits per heavy atom. The van der Waals surface area contributed by atoms with Crippen molar-refractivity contribution in [2.24, 2.45) is 11.5 Å². The number of carbonyl (C=O) groups is 3. The van der Waals surface area contributed by atoms with Gasteiger partial charge in [-0.1, -0.05) is 117 Å². The van der Waals surface area contributed by atoms with Gasteiger partial charge in [-0.05, 0) is 97.4 Å². The van der Waals surface area contributed by atoms with Gasteiger partial charge in [-0.25, -0.2) is 14.5 Å². The van der Waals surface area contributed by atoms with Crippen LogP contribution in [0.15, 0.2) is 97.1 Å². The highest BCUT2D eigenvalue weighted by molar-refractivity contribution is 5.80. The lowest BCUT2D eigenvalue weighted by atomic mass is 9.98. The lowest BCUT2D eigenvalue weighted by molar-refractivity contribution is -0.760. The van der Waals surface area contributed by atoms with E-state index in [1.165, 1.54) is 51.4 Å². The number of unbranched alkanes of at least 4 members (excludes halogenated alkanes) is 2. The molecule has 370 valence electrons. The number of nitrogens with zero attached hydrogens (tertiary/aromatic N) is 2. The number of nitrogens with one attached hydrogen (secondary N) is 2. The second-order valence-electron chi connectivity index (χ2n) is 16.3. The Kier molecular flexibility index (Phi) is 25.0. The van der Waals surface area contributed by atoms with Crippen molar-refractivity contribution in [2.45, 2.75) is 103 Å². The van der Waals surface area contributed by atoms with Gasteiger partial charge < -0.3 is 41.2 Å². The van der Waals surface area contributed by atoms with Gasteiger partial charge in [0.1, 0.15) is 25.9 Å². The van der Waals surface area contributed by atoms with E-state index in [0.717, 1.165) is 38.5 Å². The summed E-state index contributed by atoms with van der Waals surface area (Å²) in [5.41, 5.74) is 21.3. The van der Waals surface area contributed by atoms with Gasteiger partial charge in [0.2, 0.25) is 0 Å². The number of ether oxygens (including phenoxy) is 2. The quantitative estimate of drug-likeness (QED) is 0.0214. The number of nitrogens with two attached hydrogens (primary N) is 2. The fourth-order valence-corrected chi connectivity index (χ4v) is 7.37. The van der Waals surface area contributed by atoms with Crippen LogP contribution in [-0.2, 0) is 28.8 Å². The molecule has 0 aliphatic heterocycles. The average Bonchev–Trinajstić information content (AvgIpc) is 3.82. The van der Waals surface area contributed by atoms with E-state index in [1.54, 1.807) is 6.92 Å². The maximum Gasteiger partial charge on any atom is 0.407 e. The summed E-state index contributed by atoms with van der Waals surface area (Å²) in [5, 5.41) is 30.7. The molecule has 68 heavy (non-hydrogen) atoms. The summed E-state index contributed by atoms with van der Waals surface area (Å²) in [6, 6.07) is 33.8. The number of Topliss-reactive ketones (excluding diaryl/α,β-unsaturated/α-hetero) is 1. The largest absolute Gasteiger partial charge is 0.449 e. The number of alkyl carbamates (subject to hydrolysis) is 2. The molecular formula is C49H66N6O13. The second-order valence-corrected chi connectivity index (χ2v) is 16.3. The molecule has 4 aromatic carbocycles. The number of rotatable bonds is 22. The second kappa shape index (κ2) is 30.6. The topological polar surface area (TPSA) is 280 Å². The summed E-state index contributed by atoms with van der Waals surface area (Å²) in [5.74, 6) is -0.144. The van der Waals surface area contributed by atoms with Crippen molar-refractivity contribution in [3.8, 4) is 22.3 Å². The van der Waals surface area contributed by atoms with Crippen LogP contribution < -0.4 is 22.1 Å². The normalized spacial score (nSPS) is 13.0. The highest BCUT2D eigenvalue weighted by Gasteiger charge is 2.30. The van der Waals surface area contributed by atoms with Crippen LogP contribution in [0.3, 0.4) is 0 Å². The molecule has 0 radical (unpaired) electrons. The van der Waals surface area contributed by atoms with Crippen molar-refractivity contribution in [3.63, 3.8) is 0 Å². The summed E-state index contributed by atoms with van der Waals surface area (Å²) < 4.78 is 11.0. The Bertz CT molecular complexity index is 1960. The van der Waals surface area contributed by atoms with E-state index < -0.39 is 22.9 Å². The Morgan fingerprint density at radius 3 is 1.26 bits per heavy atom. The maximum absolute atomic E-state index is 12.0. The number of benzene rings is 4. The third-order valence-corrected chi connectivity index (χ3v) is 10.7. The van der Waals surface area contributed by atoms with Crippen LogP contribution in [0.2, 0.25) is 0 Å². The van der Waals surface area contributed by atoms with Gasteiger partial charge in [-0.2, -0.15) is 0 Å². The van der Waals surface area contributed by atoms with Crippen molar-refractivity contribution in [1.82, 2.24) is 10.6 Å². The van der Waals surface area contributed by atoms with Gasteiger partial charge in [-0.15, -0.1) is 20.2 Å². The zero-order chi connectivity index (χ0) is 49.8. The van der Waals surface area contributed by atoms with Crippen LogP contribution in [-0.4, -0.2) is 91.1 Å². The molecular weight excluding hydrogens is 881 g/mol. The summed E-state index contributed by atoms with van der Waals surface area (Å²) in [7, 11) is 0. The van der Waals surface area contributed by atoms with Gasteiger partial charge >= 0.3 is 12.2 Å². The van der Waals surface area contributed by atoms with Crippen molar-refractivity contribution in [1.29, 1.82) is 0 Å². The molecule has 3 unspecified atom stereocenters. The summed E-state index contributed by atoms with van der Waals surface area (Å²) in [6.07, 6.45) is 4.99. The molecule has 0 saturated heterocycles. The SMILES string of the molecule is CC(=O)CO[N+](=O)[O-].CC(N)CCCCNC(=O)OCC1c2ccccc2-c2ccccc21.CC(N)CCCCNC(=O)OCC1c2ccccc2-c2ccccc21.CCC(CO[N+](=O)[O-])OO. The van der Waals surface area contributed by atoms with Gasteiger partial charge in [0.15, 0.2) is 12.4 Å². The van der Waals surface area contributed by atoms with Gasteiger partial charge in [0.25, 0.3) is 10.2 Å². The fourth-order valence-electron chi connectivity index (χ4n) is 7.37. The van der Waals surface area contributed by atoms with Gasteiger partial charge in [-0.3, -0.25) is 10.1 Å². The molecule has 3 atom stereocenters. The first-order chi connectivity index (χ1) is 32.7. The number of hydrogen-bond donors (Lipinski definition) is 5. The molecule has 19 nitrogen and oxygen atoms in total. The fraction of sp³-hybridized carbons (Fsp3) is 0.449. The van der Waals surface area contributed by atoms with Crippen LogP contribution in [0.25, 0.3) is 22.3 Å². The van der Waals surface area contributed by atoms with E-state index in [9.17, 15) is 34.6 Å². The van der Waals surface area contributed by atoms with Crippen molar-refractivity contribution >= 4 is 18.0 Å². The van der Waals surface area contributed by atoms with Gasteiger partial charge in [0.05, 0.1) is 0 Å². The highest BCUT2D eigenvalue weighted by atomic mass is 17.1. The molecule has 4 aromatic rings. The maximum atomic E-state index is 12.0. The summed E-state index contributed by atoms with van der Waals surface area (Å²) in [4.78, 5) is 64.2. The van der Waals surface area contributed by atoms with Crippen LogP contribution in [0.4, 0.5) is 9.59 Å². The molecule has 6 rings (SSSR count). The Labute approximate surface area is 397 Å². The third-order valence-electron chi connectivity index (χ3n) is 10.7. The smallest absolute Gasteiger partial charge is 0.407 e. The molecule has 7 N–H and O–H groups in total. The predicted molar refractivity (Wildman–Crippen MR) is 256 cm³/mol. The van der Waals surface area contributed by atoms with Crippen LogP contribution in [0.5, 0.6) is 0 Å². The number of fused-ring (bicyclic) bond motifs is 6. The van der Waals surface area contributed by atoms with E-state index in [1.807, 2.05) is 62.4 Å². The van der Waals surface area contributed by atoms with E-state index in [4.69, 9.17) is 26.2 Å². The lowest BCUT2D eigenvalue weighted by Crippen LogP contribution is -2.27. The summed E-state index contributed by atoms with van der Waals surface area (Å²) >= 11 is 0. The van der Waals surface area contributed by atoms with Gasteiger partial charge in [0, 0.05) is 37.0 Å². The van der Waals surface area contributed by atoms with Crippen LogP contribution in [0.1, 0.15) is 107 Å². The van der Waals surface area contributed by atoms with E-state index in [-0.39, 0.29) is 48.5 Å². The molecule has 2 aliphatic rings. The number of carbonyl (C=O) groups excluding carboxylic acids is 3. The summed E-state index contributed by atoms with van der Waals surface area (Å²) in [6.45, 7) is 8.21. The molecule has 2 amide bonds. The van der Waals surface area contributed by atoms with Crippen molar-refractivity contribution < 1.29 is 53.9 Å². The first kappa shape index (κ1) is 55.7. The van der Waals surface area contributed by atoms with E-state index >= 15 is 0 Å². The first-order valence-corrected chi connectivity index (χ1v) is 22.7. The standard InChI is InChI=1S/2C21H26N2O2.C4H9NO5.C3H5NO4/c2*1-15(22)8-6-7-13-23-21(24)25-14-20-18-11-4-2-9-16(18)17-10-3-5-12-19(17)20;1-2-4(10-8)3-9-5(6)7;1-3(5)2-8-4(6)7/h2*2-5,9-12,15,20H,6-8,13-14,22H2,1H3,(H,23,24);4,8H,2-3H2,1H3;2H2,1H3. The molecule has 0 aromatic heterocycles. The minimum Gasteiger partial charge on any atom is -0.449 e. The van der Waals surface area contributed by atoms with E-state index in [0.29, 0.717) is 32.7 Å². The minimum absolute atomic E-state index is 0.108. The molecule has 19 heteroatoms. The predicted octanol–water partition coefficient (Wildman–Crippen LogP) is 8.33. The minimum atomic E-state index is -0.999. The number of amides is 2. The Hall–Kier alpha value is -6.67. The van der Waals surface area contributed by atoms with Crippen molar-refractivity contribution in [3.05, 3.63) is 140 Å². The lowest BCUT2D eigenvalue weighted by Gasteiger charge is -2.14. The molecule has 0 bridgehead atoms. The molecule has 0 spiro atoms. The highest BCUT2D eigenvalue weighted by Crippen LogP contribution is 2.45.